The maximum Gasteiger partial charge on any atom is 0.305 e. The standard InChI is InChI=1S/C58H87N19O17/c1-28(2)14-39(67-50(86)37(12-13-44(81)82)65-51(87)40(64-32(7)80)16-34-21-61-25-75(34)9)54(90)72-47(30(5)78)57(93)69-41(17-35-22-62-26-76(35)10)52(88)68-42(18-36-23-63-27-77(36)11)55(91)71-46(29(3)4)56(92)73-48(31(6)79)58(94)70-43(19-45(83)84)53(89)66-38(49(59)85)15-33-20-60-24-74(33)8/h20-31,37-43,46-48,78-79H,12-19H2,1-11H3,(H2,59,85)(H,64,80)(H,65,87)(H,66,89)(H,67,86)(H,68,88)(H,69,93)(H,70,94)(H,71,91)(H,72,90)(H,73,92)(H,81,82)(H,83,84)/t30-,31-,37+,38+,39+,40+,41+,42+,43+,46+,47+,48+/m1/s1. The van der Waals surface area contributed by atoms with Gasteiger partial charge >= 0.3 is 11.9 Å². The first-order chi connectivity index (χ1) is 44.1. The summed E-state index contributed by atoms with van der Waals surface area (Å²) in [5.41, 5.74) is 7.25. The van der Waals surface area contributed by atoms with Crippen LogP contribution in [-0.2, 0) is 116 Å². The number of carboxylic acids is 2. The molecule has 4 heterocycles. The van der Waals surface area contributed by atoms with Gasteiger partial charge in [-0.25, -0.2) is 19.9 Å². The Bertz CT molecular complexity index is 3330. The van der Waals surface area contributed by atoms with E-state index in [9.17, 15) is 82.8 Å². The quantitative estimate of drug-likeness (QED) is 0.0199. The second-order valence-corrected chi connectivity index (χ2v) is 23.7. The van der Waals surface area contributed by atoms with Crippen LogP contribution in [0.1, 0.15) is 96.9 Å². The van der Waals surface area contributed by atoms with Crippen LogP contribution in [0, 0.1) is 11.8 Å². The highest BCUT2D eigenvalue weighted by Crippen LogP contribution is 2.14. The lowest BCUT2D eigenvalue weighted by molar-refractivity contribution is -0.142. The molecule has 0 saturated heterocycles. The smallest absolute Gasteiger partial charge is 0.305 e. The van der Waals surface area contributed by atoms with E-state index >= 15 is 0 Å². The summed E-state index contributed by atoms with van der Waals surface area (Å²) >= 11 is 0. The number of aliphatic hydroxyl groups excluding tert-OH is 2. The molecule has 11 amide bonds. The van der Waals surface area contributed by atoms with Crippen molar-refractivity contribution in [1.29, 1.82) is 0 Å². The predicted octanol–water partition coefficient (Wildman–Crippen LogP) is -5.95. The highest BCUT2D eigenvalue weighted by atomic mass is 16.4. The first-order valence-corrected chi connectivity index (χ1v) is 30.0. The molecule has 36 nitrogen and oxygen atoms in total. The number of nitrogens with one attached hydrogen (secondary N) is 10. The normalized spacial score (nSPS) is 15.1. The van der Waals surface area contributed by atoms with Crippen molar-refractivity contribution in [3.8, 4) is 0 Å². The second kappa shape index (κ2) is 35.6. The Hall–Kier alpha value is -10.1. The molecule has 0 bridgehead atoms. The number of aliphatic carboxylic acids is 2. The van der Waals surface area contributed by atoms with Gasteiger partial charge in [-0.2, -0.15) is 0 Å². The van der Waals surface area contributed by atoms with Crippen molar-refractivity contribution >= 4 is 76.9 Å². The molecule has 36 heteroatoms. The zero-order valence-corrected chi connectivity index (χ0v) is 54.1. The fourth-order valence-electron chi connectivity index (χ4n) is 9.59. The molecular weight excluding hydrogens is 1230 g/mol. The number of aliphatic hydroxyl groups is 2. The summed E-state index contributed by atoms with van der Waals surface area (Å²) < 4.78 is 6.19. The van der Waals surface area contributed by atoms with E-state index in [-0.39, 0.29) is 38.0 Å². The maximum atomic E-state index is 14.8. The van der Waals surface area contributed by atoms with Gasteiger partial charge < -0.3 is 97.6 Å². The van der Waals surface area contributed by atoms with Crippen LogP contribution in [0.15, 0.2) is 50.1 Å². The summed E-state index contributed by atoms with van der Waals surface area (Å²) in [6, 6.07) is -16.2. The van der Waals surface area contributed by atoms with Gasteiger partial charge in [0.1, 0.15) is 60.4 Å². The minimum Gasteiger partial charge on any atom is -0.481 e. The van der Waals surface area contributed by atoms with Gasteiger partial charge in [0.2, 0.25) is 65.0 Å². The van der Waals surface area contributed by atoms with Crippen LogP contribution in [0.3, 0.4) is 0 Å². The van der Waals surface area contributed by atoms with E-state index < -0.39 is 175 Å². The van der Waals surface area contributed by atoms with Crippen molar-refractivity contribution < 1.29 is 82.8 Å². The van der Waals surface area contributed by atoms with Gasteiger partial charge in [0.15, 0.2) is 0 Å². The summed E-state index contributed by atoms with van der Waals surface area (Å²) in [5.74, 6) is -15.2. The molecule has 4 aromatic heterocycles. The van der Waals surface area contributed by atoms with Crippen LogP contribution >= 0.6 is 0 Å². The summed E-state index contributed by atoms with van der Waals surface area (Å²) in [5, 5.41) is 65.8. The number of carbonyl (C=O) groups excluding carboxylic acids is 11. The number of aromatic nitrogens is 8. The monoisotopic (exact) mass is 1320 g/mol. The van der Waals surface area contributed by atoms with Crippen LogP contribution in [0.25, 0.3) is 0 Å². The highest BCUT2D eigenvalue weighted by Gasteiger charge is 2.39. The molecule has 16 N–H and O–H groups in total. The summed E-state index contributed by atoms with van der Waals surface area (Å²) in [6.07, 6.45) is 4.79. The molecule has 0 aliphatic carbocycles. The van der Waals surface area contributed by atoms with Crippen molar-refractivity contribution in [3.05, 3.63) is 72.9 Å². The van der Waals surface area contributed by atoms with Gasteiger partial charge in [0.25, 0.3) is 0 Å². The van der Waals surface area contributed by atoms with Crippen LogP contribution < -0.4 is 58.9 Å². The van der Waals surface area contributed by atoms with Gasteiger partial charge in [-0.3, -0.25) is 62.3 Å². The Morgan fingerprint density at radius 1 is 0.415 bits per heavy atom. The zero-order chi connectivity index (χ0) is 70.4. The summed E-state index contributed by atoms with van der Waals surface area (Å²) in [6.45, 7) is 9.85. The molecule has 0 saturated carbocycles. The minimum atomic E-state index is -1.91. The van der Waals surface area contributed by atoms with Gasteiger partial charge in [-0.1, -0.05) is 27.7 Å². The lowest BCUT2D eigenvalue weighted by Gasteiger charge is -2.30. The number of amides is 11. The minimum absolute atomic E-state index is 0.0770. The van der Waals surface area contributed by atoms with E-state index in [1.807, 2.05) is 0 Å². The number of rotatable bonds is 38. The molecule has 12 atom stereocenters. The van der Waals surface area contributed by atoms with Gasteiger partial charge in [-0.15, -0.1) is 0 Å². The molecule has 4 rings (SSSR count). The van der Waals surface area contributed by atoms with Gasteiger partial charge in [-0.05, 0) is 38.5 Å². The number of nitrogens with zero attached hydrogens (tertiary/aromatic N) is 8. The fraction of sp³-hybridized carbons (Fsp3) is 0.569. The first-order valence-electron chi connectivity index (χ1n) is 30.0. The number of nitrogens with two attached hydrogens (primary N) is 1. The number of primary amides is 1. The van der Waals surface area contributed by atoms with Crippen LogP contribution in [0.5, 0.6) is 0 Å². The Morgan fingerprint density at radius 2 is 0.723 bits per heavy atom. The molecule has 0 radical (unpaired) electrons. The van der Waals surface area contributed by atoms with E-state index in [0.29, 0.717) is 22.8 Å². The summed E-state index contributed by atoms with van der Waals surface area (Å²) in [7, 11) is 6.45. The molecule has 94 heavy (non-hydrogen) atoms. The molecule has 0 aromatic carbocycles. The van der Waals surface area contributed by atoms with E-state index in [0.717, 1.165) is 13.8 Å². The Balaban J connectivity index is 1.60. The lowest BCUT2D eigenvalue weighted by Crippen LogP contribution is -2.63. The number of hydrogen-bond donors (Lipinski definition) is 15. The van der Waals surface area contributed by atoms with Crippen molar-refractivity contribution in [3.63, 3.8) is 0 Å². The van der Waals surface area contributed by atoms with Gasteiger partial charge in [0.05, 0.1) is 43.9 Å². The Morgan fingerprint density at radius 3 is 1.09 bits per heavy atom. The fourth-order valence-corrected chi connectivity index (χ4v) is 9.59. The lowest BCUT2D eigenvalue weighted by atomic mass is 10.0. The Kier molecular flexibility index (Phi) is 28.9. The third kappa shape index (κ3) is 23.5. The van der Waals surface area contributed by atoms with E-state index in [1.165, 1.54) is 80.0 Å². The van der Waals surface area contributed by atoms with E-state index in [1.54, 1.807) is 51.2 Å². The third-order valence-electron chi connectivity index (χ3n) is 14.9. The maximum absolute atomic E-state index is 14.8. The van der Waals surface area contributed by atoms with E-state index in [4.69, 9.17) is 5.73 Å². The predicted molar refractivity (Wildman–Crippen MR) is 329 cm³/mol. The molecular formula is C58H87N19O17. The molecule has 0 aliphatic heterocycles. The highest BCUT2D eigenvalue weighted by molar-refractivity contribution is 6.00. The van der Waals surface area contributed by atoms with Crippen molar-refractivity contribution in [2.24, 2.45) is 45.8 Å². The molecule has 0 spiro atoms. The largest absolute Gasteiger partial charge is 0.481 e. The molecule has 0 aliphatic rings. The number of imidazole rings is 4. The SMILES string of the molecule is CC(=O)N[C@@H](Cc1cncn1C)C(=O)N[C@@H](CCC(=O)O)C(=O)N[C@@H](CC(C)C)C(=O)N[C@H](C(=O)N[C@@H](Cc1cncn1C)C(=O)N[C@@H](Cc1cncn1C)C(=O)N[C@H](C(=O)N[C@H](C(=O)N[C@@H](CC(=O)O)C(=O)N[C@@H](Cc1cncn1C)C(N)=O)[C@@H](C)O)C(C)C)[C@@H](C)O. The number of aryl methyl sites for hydroxylation is 4. The van der Waals surface area contributed by atoms with Crippen LogP contribution in [0.2, 0.25) is 0 Å². The summed E-state index contributed by atoms with van der Waals surface area (Å²) in [4.78, 5) is 192. The number of carbonyl (C=O) groups is 13. The average Bonchev–Trinajstić information content (AvgIpc) is 1.72. The van der Waals surface area contributed by atoms with Crippen molar-refractivity contribution in [2.45, 2.75) is 172 Å². The third-order valence-corrected chi connectivity index (χ3v) is 14.9. The van der Waals surface area contributed by atoms with Crippen LogP contribution in [0.4, 0.5) is 0 Å². The molecule has 0 fully saturated rings. The zero-order valence-electron chi connectivity index (χ0n) is 54.1. The van der Waals surface area contributed by atoms with Crippen LogP contribution in [-0.4, -0.2) is 208 Å². The molecule has 0 unspecified atom stereocenters. The topological polar surface area (TPSA) is 520 Å². The average molecular weight is 1320 g/mol. The number of carboxylic acid groups (broad SMARTS) is 2. The van der Waals surface area contributed by atoms with Gasteiger partial charge in [0, 0.05) is 115 Å². The second-order valence-electron chi connectivity index (χ2n) is 23.7. The molecule has 4 aromatic rings. The number of hydrogen-bond acceptors (Lipinski definition) is 19. The van der Waals surface area contributed by atoms with Crippen molar-refractivity contribution in [1.82, 2.24) is 91.4 Å². The van der Waals surface area contributed by atoms with E-state index in [2.05, 4.69) is 73.1 Å². The molecule has 516 valence electrons. The Labute approximate surface area is 540 Å². The first kappa shape index (κ1) is 76.3. The van der Waals surface area contributed by atoms with Crippen molar-refractivity contribution in [2.75, 3.05) is 0 Å².